The van der Waals surface area contributed by atoms with Crippen molar-refractivity contribution in [1.29, 1.82) is 0 Å². The molecule has 0 spiro atoms. The number of nitrogens with zero attached hydrogens (tertiary/aromatic N) is 4. The number of amides is 1. The van der Waals surface area contributed by atoms with E-state index in [9.17, 15) is 4.79 Å². The highest BCUT2D eigenvalue weighted by molar-refractivity contribution is 6.10. The number of carbonyl (C=O) groups excluding carboxylic acids is 1. The number of hydrogen-bond acceptors (Lipinski definition) is 5. The molecule has 1 amide bonds. The summed E-state index contributed by atoms with van der Waals surface area (Å²) in [4.78, 5) is 25.7. The minimum Gasteiger partial charge on any atom is -0.442 e. The first-order valence-electron chi connectivity index (χ1n) is 8.45. The van der Waals surface area contributed by atoms with Gasteiger partial charge in [0, 0.05) is 26.2 Å². The number of hydrogen-bond donors (Lipinski definition) is 0. The molecule has 2 aromatic heterocycles. The van der Waals surface area contributed by atoms with Crippen LogP contribution in [0.1, 0.15) is 49.2 Å². The van der Waals surface area contributed by atoms with E-state index in [-0.39, 0.29) is 5.91 Å². The van der Waals surface area contributed by atoms with E-state index >= 15 is 0 Å². The minimum absolute atomic E-state index is 0.000639. The summed E-state index contributed by atoms with van der Waals surface area (Å²) in [6, 6.07) is 0. The van der Waals surface area contributed by atoms with Crippen molar-refractivity contribution in [2.24, 2.45) is 0 Å². The Kier molecular flexibility index (Phi) is 4.50. The molecule has 0 saturated carbocycles. The van der Waals surface area contributed by atoms with Gasteiger partial charge in [0.25, 0.3) is 5.91 Å². The average Bonchev–Trinajstić information content (AvgIpc) is 2.92. The highest BCUT2D eigenvalue weighted by atomic mass is 16.3. The predicted molar refractivity (Wildman–Crippen MR) is 89.9 cm³/mol. The third-order valence-corrected chi connectivity index (χ3v) is 4.56. The van der Waals surface area contributed by atoms with E-state index in [4.69, 9.17) is 4.42 Å². The fraction of sp³-hybridized carbons (Fsp3) is 0.588. The lowest BCUT2D eigenvalue weighted by molar-refractivity contribution is 0.0773. The van der Waals surface area contributed by atoms with E-state index in [1.165, 1.54) is 12.7 Å². The lowest BCUT2D eigenvalue weighted by atomic mass is 10.1. The Hall–Kier alpha value is -2.11. The van der Waals surface area contributed by atoms with Crippen LogP contribution >= 0.6 is 0 Å². The molecule has 124 valence electrons. The summed E-state index contributed by atoms with van der Waals surface area (Å²) in [5.41, 5.74) is 1.12. The summed E-state index contributed by atoms with van der Waals surface area (Å²) in [6.45, 7) is 9.09. The third kappa shape index (κ3) is 2.78. The van der Waals surface area contributed by atoms with Gasteiger partial charge >= 0.3 is 0 Å². The van der Waals surface area contributed by atoms with Crippen LogP contribution in [0.4, 0.5) is 5.82 Å². The monoisotopic (exact) mass is 316 g/mol. The van der Waals surface area contributed by atoms with E-state index in [2.05, 4.69) is 14.9 Å². The van der Waals surface area contributed by atoms with Crippen molar-refractivity contribution in [2.45, 2.75) is 40.0 Å². The number of anilines is 1. The lowest BCUT2D eigenvalue weighted by Crippen LogP contribution is -2.32. The molecule has 0 aromatic carbocycles. The second-order valence-electron chi connectivity index (χ2n) is 5.94. The fourth-order valence-corrected chi connectivity index (χ4v) is 3.30. The van der Waals surface area contributed by atoms with Crippen molar-refractivity contribution >= 4 is 22.8 Å². The van der Waals surface area contributed by atoms with Crippen LogP contribution in [0.2, 0.25) is 0 Å². The van der Waals surface area contributed by atoms with Crippen LogP contribution in [0.5, 0.6) is 0 Å². The van der Waals surface area contributed by atoms with Gasteiger partial charge < -0.3 is 14.2 Å². The van der Waals surface area contributed by atoms with Crippen molar-refractivity contribution in [3.63, 3.8) is 0 Å². The summed E-state index contributed by atoms with van der Waals surface area (Å²) in [6.07, 6.45) is 5.09. The summed E-state index contributed by atoms with van der Waals surface area (Å²) < 4.78 is 5.77. The Bertz CT molecular complexity index is 700. The highest BCUT2D eigenvalue weighted by Crippen LogP contribution is 2.33. The molecule has 0 atom stereocenters. The van der Waals surface area contributed by atoms with Crippen molar-refractivity contribution < 1.29 is 9.21 Å². The van der Waals surface area contributed by atoms with Crippen LogP contribution in [0, 0.1) is 6.92 Å². The van der Waals surface area contributed by atoms with Gasteiger partial charge in [0.2, 0.25) is 5.71 Å². The fourth-order valence-electron chi connectivity index (χ4n) is 3.30. The standard InChI is InChI=1S/C17H24N4O2/c1-4-20(5-2)17(22)13-12(3)23-16-14(13)15(18-11-19-16)21-9-7-6-8-10-21/h11H,4-10H2,1-3H3. The van der Waals surface area contributed by atoms with E-state index < -0.39 is 0 Å². The molecule has 0 aliphatic carbocycles. The molecule has 0 bridgehead atoms. The number of rotatable bonds is 4. The molecular weight excluding hydrogens is 292 g/mol. The largest absolute Gasteiger partial charge is 0.442 e. The Labute approximate surface area is 136 Å². The SMILES string of the molecule is CCN(CC)C(=O)c1c(C)oc2ncnc(N3CCCCC3)c12. The molecule has 0 N–H and O–H groups in total. The number of fused-ring (bicyclic) bond motifs is 1. The van der Waals surface area contributed by atoms with Gasteiger partial charge in [-0.2, -0.15) is 0 Å². The zero-order chi connectivity index (χ0) is 16.4. The van der Waals surface area contributed by atoms with Crippen LogP contribution in [-0.4, -0.2) is 47.0 Å². The smallest absolute Gasteiger partial charge is 0.258 e. The quantitative estimate of drug-likeness (QED) is 0.867. The average molecular weight is 316 g/mol. The van der Waals surface area contributed by atoms with E-state index in [1.54, 1.807) is 0 Å². The van der Waals surface area contributed by atoms with Crippen LogP contribution < -0.4 is 4.90 Å². The second-order valence-corrected chi connectivity index (χ2v) is 5.94. The molecule has 6 heteroatoms. The van der Waals surface area contributed by atoms with Gasteiger partial charge in [-0.05, 0) is 40.0 Å². The molecular formula is C17H24N4O2. The van der Waals surface area contributed by atoms with Crippen molar-refractivity contribution in [2.75, 3.05) is 31.1 Å². The molecule has 0 radical (unpaired) electrons. The molecule has 1 aliphatic heterocycles. The number of furan rings is 1. The van der Waals surface area contributed by atoms with Crippen molar-refractivity contribution in [3.8, 4) is 0 Å². The third-order valence-electron chi connectivity index (χ3n) is 4.56. The Balaban J connectivity index is 2.13. The molecule has 0 unspecified atom stereocenters. The summed E-state index contributed by atoms with van der Waals surface area (Å²) in [7, 11) is 0. The normalized spacial score (nSPS) is 15.2. The maximum Gasteiger partial charge on any atom is 0.258 e. The first kappa shape index (κ1) is 15.8. The zero-order valence-corrected chi connectivity index (χ0v) is 14.1. The number of aromatic nitrogens is 2. The molecule has 23 heavy (non-hydrogen) atoms. The van der Waals surface area contributed by atoms with Crippen LogP contribution in [-0.2, 0) is 0 Å². The Morgan fingerprint density at radius 1 is 1.22 bits per heavy atom. The van der Waals surface area contributed by atoms with Gasteiger partial charge in [0.15, 0.2) is 0 Å². The molecule has 3 heterocycles. The van der Waals surface area contributed by atoms with Gasteiger partial charge in [0.1, 0.15) is 17.9 Å². The van der Waals surface area contributed by atoms with Gasteiger partial charge in [0.05, 0.1) is 10.9 Å². The molecule has 2 aromatic rings. The second kappa shape index (κ2) is 6.56. The van der Waals surface area contributed by atoms with E-state index in [1.807, 2.05) is 25.7 Å². The highest BCUT2D eigenvalue weighted by Gasteiger charge is 2.27. The van der Waals surface area contributed by atoms with Crippen LogP contribution in [0.25, 0.3) is 11.1 Å². The number of aryl methyl sites for hydroxylation is 1. The van der Waals surface area contributed by atoms with Crippen LogP contribution in [0.15, 0.2) is 10.7 Å². The predicted octanol–water partition coefficient (Wildman–Crippen LogP) is 3.00. The molecule has 1 saturated heterocycles. The lowest BCUT2D eigenvalue weighted by Gasteiger charge is -2.28. The first-order valence-corrected chi connectivity index (χ1v) is 8.45. The molecule has 1 aliphatic rings. The number of piperidine rings is 1. The molecule has 1 fully saturated rings. The Morgan fingerprint density at radius 2 is 1.91 bits per heavy atom. The minimum atomic E-state index is -0.000639. The van der Waals surface area contributed by atoms with Gasteiger partial charge in [-0.3, -0.25) is 4.79 Å². The van der Waals surface area contributed by atoms with Gasteiger partial charge in [-0.25, -0.2) is 9.97 Å². The molecule has 3 rings (SSSR count). The summed E-state index contributed by atoms with van der Waals surface area (Å²) in [5.74, 6) is 1.46. The van der Waals surface area contributed by atoms with Crippen molar-refractivity contribution in [3.05, 3.63) is 17.7 Å². The van der Waals surface area contributed by atoms with Crippen LogP contribution in [0.3, 0.4) is 0 Å². The van der Waals surface area contributed by atoms with Gasteiger partial charge in [-0.15, -0.1) is 0 Å². The maximum atomic E-state index is 12.9. The van der Waals surface area contributed by atoms with Gasteiger partial charge in [-0.1, -0.05) is 0 Å². The van der Waals surface area contributed by atoms with Crippen molar-refractivity contribution in [1.82, 2.24) is 14.9 Å². The summed E-state index contributed by atoms with van der Waals surface area (Å²) in [5, 5.41) is 0.767. The topological polar surface area (TPSA) is 62.5 Å². The van der Waals surface area contributed by atoms with E-state index in [0.717, 1.165) is 37.1 Å². The number of carbonyl (C=O) groups is 1. The molecule has 6 nitrogen and oxygen atoms in total. The maximum absolute atomic E-state index is 12.9. The van der Waals surface area contributed by atoms with E-state index in [0.29, 0.717) is 30.1 Å². The zero-order valence-electron chi connectivity index (χ0n) is 14.1. The first-order chi connectivity index (χ1) is 11.2. The summed E-state index contributed by atoms with van der Waals surface area (Å²) >= 11 is 0. The Morgan fingerprint density at radius 3 is 2.57 bits per heavy atom.